The van der Waals surface area contributed by atoms with Gasteiger partial charge in [0.15, 0.2) is 5.82 Å². The molecule has 0 bridgehead atoms. The molecule has 2 amide bonds. The maximum absolute atomic E-state index is 11.9. The number of benzene rings is 1. The standard InChI is InChI=1S/C24H30N6O2.ClH/c1-5-8-19(18-9-7-12-25-15-18)28-22-16(3)14-27-23(30-22)17-10-11-20(21(13-17)32-4)29-24(31)26-6-2;/h7,9-15,19H,5-6,8H2,1-4H3,(H2,26,29,31)(H,27,28,30);1H/t19-;/m1./s1. The number of carbonyl (C=O) groups is 1. The van der Waals surface area contributed by atoms with Gasteiger partial charge in [0.2, 0.25) is 0 Å². The number of hydrogen-bond donors (Lipinski definition) is 3. The lowest BCUT2D eigenvalue weighted by atomic mass is 10.0. The molecule has 0 radical (unpaired) electrons. The number of anilines is 2. The molecule has 3 rings (SSSR count). The summed E-state index contributed by atoms with van der Waals surface area (Å²) in [4.78, 5) is 25.4. The van der Waals surface area contributed by atoms with Crippen LogP contribution in [0.4, 0.5) is 16.3 Å². The molecule has 2 aromatic heterocycles. The molecule has 0 spiro atoms. The zero-order chi connectivity index (χ0) is 22.9. The molecular formula is C24H31ClN6O2. The van der Waals surface area contributed by atoms with Crippen LogP contribution in [0.15, 0.2) is 48.9 Å². The van der Waals surface area contributed by atoms with Crippen LogP contribution in [-0.4, -0.2) is 34.6 Å². The number of rotatable bonds is 9. The number of aryl methyl sites for hydroxylation is 1. The van der Waals surface area contributed by atoms with Crippen molar-refractivity contribution in [2.24, 2.45) is 0 Å². The molecule has 33 heavy (non-hydrogen) atoms. The second-order valence-corrected chi connectivity index (χ2v) is 7.40. The highest BCUT2D eigenvalue weighted by molar-refractivity contribution is 5.91. The molecule has 8 nitrogen and oxygen atoms in total. The van der Waals surface area contributed by atoms with E-state index >= 15 is 0 Å². The molecule has 0 unspecified atom stereocenters. The number of amides is 2. The first-order valence-corrected chi connectivity index (χ1v) is 10.8. The van der Waals surface area contributed by atoms with Crippen LogP contribution < -0.4 is 20.7 Å². The molecule has 0 aliphatic carbocycles. The van der Waals surface area contributed by atoms with Gasteiger partial charge >= 0.3 is 6.03 Å². The first kappa shape index (κ1) is 25.9. The lowest BCUT2D eigenvalue weighted by Crippen LogP contribution is -2.28. The van der Waals surface area contributed by atoms with Crippen LogP contribution in [-0.2, 0) is 0 Å². The van der Waals surface area contributed by atoms with Gasteiger partial charge in [-0.25, -0.2) is 14.8 Å². The summed E-state index contributed by atoms with van der Waals surface area (Å²) in [5.74, 6) is 1.88. The molecule has 176 valence electrons. The maximum Gasteiger partial charge on any atom is 0.319 e. The number of carbonyl (C=O) groups excluding carboxylic acids is 1. The zero-order valence-corrected chi connectivity index (χ0v) is 20.2. The third kappa shape index (κ3) is 6.79. The molecule has 1 aromatic carbocycles. The number of aromatic nitrogens is 3. The van der Waals surface area contributed by atoms with Crippen molar-refractivity contribution < 1.29 is 9.53 Å². The van der Waals surface area contributed by atoms with E-state index in [1.54, 1.807) is 19.4 Å². The van der Waals surface area contributed by atoms with E-state index < -0.39 is 0 Å². The number of halogens is 1. The Bertz CT molecular complexity index is 1050. The van der Waals surface area contributed by atoms with E-state index in [-0.39, 0.29) is 24.5 Å². The van der Waals surface area contributed by atoms with Crippen LogP contribution in [0, 0.1) is 6.92 Å². The van der Waals surface area contributed by atoms with Crippen molar-refractivity contribution in [3.05, 3.63) is 60.0 Å². The minimum Gasteiger partial charge on any atom is -0.495 e. The molecule has 0 saturated carbocycles. The predicted molar refractivity (Wildman–Crippen MR) is 134 cm³/mol. The number of hydrogen-bond acceptors (Lipinski definition) is 6. The van der Waals surface area contributed by atoms with E-state index in [2.05, 4.69) is 38.9 Å². The molecule has 0 saturated heterocycles. The average molecular weight is 471 g/mol. The van der Waals surface area contributed by atoms with Gasteiger partial charge in [0.1, 0.15) is 11.6 Å². The monoisotopic (exact) mass is 470 g/mol. The van der Waals surface area contributed by atoms with Crippen molar-refractivity contribution in [1.29, 1.82) is 0 Å². The summed E-state index contributed by atoms with van der Waals surface area (Å²) in [6, 6.07) is 9.31. The summed E-state index contributed by atoms with van der Waals surface area (Å²) in [5, 5.41) is 9.06. The smallest absolute Gasteiger partial charge is 0.319 e. The van der Waals surface area contributed by atoms with Crippen LogP contribution in [0.1, 0.15) is 43.9 Å². The van der Waals surface area contributed by atoms with E-state index in [1.165, 1.54) is 0 Å². The Labute approximate surface area is 201 Å². The van der Waals surface area contributed by atoms with Crippen LogP contribution in [0.5, 0.6) is 5.75 Å². The van der Waals surface area contributed by atoms with Crippen molar-refractivity contribution >= 4 is 29.9 Å². The van der Waals surface area contributed by atoms with Gasteiger partial charge in [-0.05, 0) is 50.1 Å². The minimum atomic E-state index is -0.283. The highest BCUT2D eigenvalue weighted by Gasteiger charge is 2.15. The minimum absolute atomic E-state index is 0. The molecule has 0 fully saturated rings. The summed E-state index contributed by atoms with van der Waals surface area (Å²) in [6.07, 6.45) is 7.46. The van der Waals surface area contributed by atoms with E-state index in [9.17, 15) is 4.79 Å². The van der Waals surface area contributed by atoms with Crippen LogP contribution in [0.3, 0.4) is 0 Å². The second-order valence-electron chi connectivity index (χ2n) is 7.40. The number of urea groups is 1. The molecule has 3 N–H and O–H groups in total. The summed E-state index contributed by atoms with van der Waals surface area (Å²) in [7, 11) is 1.56. The van der Waals surface area contributed by atoms with Gasteiger partial charge in [-0.2, -0.15) is 0 Å². The van der Waals surface area contributed by atoms with Crippen molar-refractivity contribution in [3.63, 3.8) is 0 Å². The predicted octanol–water partition coefficient (Wildman–Crippen LogP) is 5.37. The van der Waals surface area contributed by atoms with Gasteiger partial charge in [0.25, 0.3) is 0 Å². The van der Waals surface area contributed by atoms with Gasteiger partial charge in [0.05, 0.1) is 18.8 Å². The third-order valence-electron chi connectivity index (χ3n) is 4.99. The van der Waals surface area contributed by atoms with E-state index in [1.807, 2.05) is 44.4 Å². The highest BCUT2D eigenvalue weighted by atomic mass is 35.5. The fourth-order valence-electron chi connectivity index (χ4n) is 3.35. The fraction of sp³-hybridized carbons (Fsp3) is 0.333. The van der Waals surface area contributed by atoms with Gasteiger partial charge in [0, 0.05) is 36.3 Å². The van der Waals surface area contributed by atoms with Gasteiger partial charge in [-0.1, -0.05) is 19.4 Å². The van der Waals surface area contributed by atoms with E-state index in [0.29, 0.717) is 23.8 Å². The molecule has 2 heterocycles. The molecule has 0 aliphatic rings. The van der Waals surface area contributed by atoms with E-state index in [0.717, 1.165) is 35.3 Å². The van der Waals surface area contributed by atoms with Gasteiger partial charge in [-0.15, -0.1) is 12.4 Å². The number of ether oxygens (including phenoxy) is 1. The normalized spacial score (nSPS) is 11.2. The van der Waals surface area contributed by atoms with Gasteiger partial charge in [-0.3, -0.25) is 4.98 Å². The Hall–Kier alpha value is -3.39. The van der Waals surface area contributed by atoms with Crippen LogP contribution >= 0.6 is 12.4 Å². The summed E-state index contributed by atoms with van der Waals surface area (Å²) in [6.45, 7) is 6.54. The SMILES string of the molecule is CCC[C@@H](Nc1nc(-c2ccc(NC(=O)NCC)c(OC)c2)ncc1C)c1cccnc1.Cl. The first-order valence-electron chi connectivity index (χ1n) is 10.8. The van der Waals surface area contributed by atoms with Crippen LogP contribution in [0.25, 0.3) is 11.4 Å². The highest BCUT2D eigenvalue weighted by Crippen LogP contribution is 2.31. The van der Waals surface area contributed by atoms with Crippen molar-refractivity contribution in [2.45, 2.75) is 39.7 Å². The Morgan fingerprint density at radius 1 is 1.18 bits per heavy atom. The lowest BCUT2D eigenvalue weighted by molar-refractivity contribution is 0.252. The second kappa shape index (κ2) is 12.6. The average Bonchev–Trinajstić information content (AvgIpc) is 2.81. The zero-order valence-electron chi connectivity index (χ0n) is 19.4. The van der Waals surface area contributed by atoms with Crippen molar-refractivity contribution in [2.75, 3.05) is 24.3 Å². The summed E-state index contributed by atoms with van der Waals surface area (Å²) < 4.78 is 5.47. The Kier molecular flexibility index (Phi) is 9.87. The molecule has 9 heteroatoms. The summed E-state index contributed by atoms with van der Waals surface area (Å²) >= 11 is 0. The molecular weight excluding hydrogens is 440 g/mol. The Morgan fingerprint density at radius 3 is 2.67 bits per heavy atom. The van der Waals surface area contributed by atoms with Crippen LogP contribution in [0.2, 0.25) is 0 Å². The fourth-order valence-corrected chi connectivity index (χ4v) is 3.35. The quantitative estimate of drug-likeness (QED) is 0.388. The maximum atomic E-state index is 11.9. The first-order chi connectivity index (χ1) is 15.5. The number of methoxy groups -OCH3 is 1. The third-order valence-corrected chi connectivity index (χ3v) is 4.99. The number of nitrogens with zero attached hydrogens (tertiary/aromatic N) is 3. The van der Waals surface area contributed by atoms with E-state index in [4.69, 9.17) is 9.72 Å². The largest absolute Gasteiger partial charge is 0.495 e. The number of pyridine rings is 1. The Balaban J connectivity index is 0.00000385. The molecule has 3 aromatic rings. The number of nitrogens with one attached hydrogen (secondary N) is 3. The molecule has 1 atom stereocenters. The summed E-state index contributed by atoms with van der Waals surface area (Å²) in [5.41, 5.74) is 3.45. The van der Waals surface area contributed by atoms with Gasteiger partial charge < -0.3 is 20.7 Å². The van der Waals surface area contributed by atoms with Crippen molar-refractivity contribution in [1.82, 2.24) is 20.3 Å². The topological polar surface area (TPSA) is 101 Å². The lowest BCUT2D eigenvalue weighted by Gasteiger charge is -2.20. The van der Waals surface area contributed by atoms with Crippen molar-refractivity contribution in [3.8, 4) is 17.1 Å². The Morgan fingerprint density at radius 2 is 2.00 bits per heavy atom. The molecule has 0 aliphatic heterocycles.